The second kappa shape index (κ2) is 5.91. The van der Waals surface area contributed by atoms with E-state index in [0.717, 1.165) is 3.63 Å². The average molecular weight is 380 g/mol. The van der Waals surface area contributed by atoms with Gasteiger partial charge in [0.25, 0.3) is 0 Å². The molecule has 0 fully saturated rings. The predicted molar refractivity (Wildman–Crippen MR) is 93.0 cm³/mol. The molecule has 0 nitrogen and oxygen atoms in total. The number of hydrogen-bond acceptors (Lipinski definition) is 0. The zero-order chi connectivity index (χ0) is 15.1. The molecule has 2 aromatic rings. The molecule has 0 radical (unpaired) electrons. The van der Waals surface area contributed by atoms with Gasteiger partial charge in [0.05, 0.1) is 0 Å². The van der Waals surface area contributed by atoms with Crippen molar-refractivity contribution in [1.82, 2.24) is 0 Å². The van der Waals surface area contributed by atoms with Crippen molar-refractivity contribution in [2.75, 3.05) is 0 Å². The molecule has 108 valence electrons. The van der Waals surface area contributed by atoms with Crippen molar-refractivity contribution in [2.24, 2.45) is 0 Å². The first kappa shape index (κ1) is 14.6. The van der Waals surface area contributed by atoms with Gasteiger partial charge in [-0.1, -0.05) is 0 Å². The normalized spacial score (nSPS) is 15.5. The van der Waals surface area contributed by atoms with Gasteiger partial charge in [-0.2, -0.15) is 0 Å². The first-order valence-electron chi connectivity index (χ1n) is 7.99. The van der Waals surface area contributed by atoms with Crippen molar-refractivity contribution >= 4 is 5.43 Å². The van der Waals surface area contributed by atoms with E-state index in [4.69, 9.17) is 0 Å². The van der Waals surface area contributed by atoms with Crippen molar-refractivity contribution in [2.45, 2.75) is 23.1 Å². The van der Waals surface area contributed by atoms with Crippen molar-refractivity contribution in [1.29, 1.82) is 0 Å². The van der Waals surface area contributed by atoms with Crippen LogP contribution in [0, 0.1) is 0 Å². The Hall–Kier alpha value is -0.980. The number of allylic oxidation sites excluding steroid dienone is 4. The van der Waals surface area contributed by atoms with Crippen LogP contribution in [-0.4, -0.2) is 5.43 Å². The molecule has 0 spiro atoms. The van der Waals surface area contributed by atoms with Crippen LogP contribution in [0.1, 0.15) is 21.2 Å². The Kier molecular flexibility index (Phi) is 3.92. The summed E-state index contributed by atoms with van der Waals surface area (Å²) in [6, 6.07) is 18.3. The third-order valence-electron chi connectivity index (χ3n) is 4.78. The molecular formula is C20H20SiZr. The maximum absolute atomic E-state index is 2.56. The van der Waals surface area contributed by atoms with Crippen molar-refractivity contribution < 1.29 is 20.4 Å². The predicted octanol–water partition coefficient (Wildman–Crippen LogP) is 5.47. The summed E-state index contributed by atoms with van der Waals surface area (Å²) in [5.41, 5.74) is 6.00. The van der Waals surface area contributed by atoms with Gasteiger partial charge in [-0.3, -0.25) is 0 Å². The molecule has 2 aliphatic rings. The van der Waals surface area contributed by atoms with Crippen LogP contribution in [0.15, 0.2) is 70.0 Å². The van der Waals surface area contributed by atoms with Gasteiger partial charge in [0.1, 0.15) is 0 Å². The fourth-order valence-electron chi connectivity index (χ4n) is 3.91. The van der Waals surface area contributed by atoms with Crippen LogP contribution in [0.2, 0.25) is 13.1 Å². The Morgan fingerprint density at radius 3 is 2.00 bits per heavy atom. The third-order valence-corrected chi connectivity index (χ3v) is 23.0. The van der Waals surface area contributed by atoms with Gasteiger partial charge in [0.2, 0.25) is 0 Å². The third kappa shape index (κ3) is 2.28. The summed E-state index contributed by atoms with van der Waals surface area (Å²) in [5.74, 6) is 0. The molecule has 22 heavy (non-hydrogen) atoms. The van der Waals surface area contributed by atoms with Crippen LogP contribution < -0.4 is 0 Å². The molecule has 0 amide bonds. The van der Waals surface area contributed by atoms with E-state index in [2.05, 4.69) is 79.9 Å². The molecule has 0 bridgehead atoms. The zero-order valence-electron chi connectivity index (χ0n) is 13.1. The molecule has 2 heteroatoms. The van der Waals surface area contributed by atoms with Crippen molar-refractivity contribution in [3.8, 4) is 11.1 Å². The van der Waals surface area contributed by atoms with Crippen LogP contribution in [-0.2, 0) is 20.4 Å². The van der Waals surface area contributed by atoms with E-state index < -0.39 is 20.4 Å². The zero-order valence-corrected chi connectivity index (χ0v) is 16.6. The van der Waals surface area contributed by atoms with Crippen LogP contribution in [0.25, 0.3) is 11.1 Å². The summed E-state index contributed by atoms with van der Waals surface area (Å²) in [4.78, 5) is 0. The topological polar surface area (TPSA) is 0 Å². The molecule has 2 aromatic carbocycles. The SMILES string of the molecule is C[Si](C)=[Zr]([C]1=CC=CC1)[CH]1c2ccccc2-c2ccccc21. The molecule has 0 saturated carbocycles. The molecular weight excluding hydrogens is 360 g/mol. The van der Waals surface area contributed by atoms with Gasteiger partial charge in [-0.15, -0.1) is 0 Å². The van der Waals surface area contributed by atoms with Crippen LogP contribution in [0.3, 0.4) is 0 Å². The number of fused-ring (bicyclic) bond motifs is 3. The quantitative estimate of drug-likeness (QED) is 0.607. The Morgan fingerprint density at radius 2 is 1.50 bits per heavy atom. The van der Waals surface area contributed by atoms with E-state index in [-0.39, 0.29) is 5.43 Å². The van der Waals surface area contributed by atoms with Gasteiger partial charge in [0.15, 0.2) is 0 Å². The monoisotopic (exact) mass is 378 g/mol. The number of hydrogen-bond donors (Lipinski definition) is 0. The Balaban J connectivity index is 1.97. The first-order valence-corrected chi connectivity index (χ1v) is 16.8. The molecule has 2 aliphatic carbocycles. The Morgan fingerprint density at radius 1 is 0.909 bits per heavy atom. The minimum absolute atomic E-state index is 0.234. The molecule has 0 unspecified atom stereocenters. The van der Waals surface area contributed by atoms with E-state index >= 15 is 0 Å². The second-order valence-corrected chi connectivity index (χ2v) is 23.9. The van der Waals surface area contributed by atoms with Gasteiger partial charge in [-0.05, 0) is 0 Å². The molecule has 0 N–H and O–H groups in total. The summed E-state index contributed by atoms with van der Waals surface area (Å²) in [7, 11) is 0. The molecule has 0 aliphatic heterocycles. The van der Waals surface area contributed by atoms with Gasteiger partial charge in [-0.25, -0.2) is 0 Å². The van der Waals surface area contributed by atoms with E-state index in [1.807, 2.05) is 3.28 Å². The van der Waals surface area contributed by atoms with E-state index in [1.165, 1.54) is 17.5 Å². The van der Waals surface area contributed by atoms with Crippen LogP contribution >= 0.6 is 0 Å². The maximum atomic E-state index is 2.56. The average Bonchev–Trinajstić information content (AvgIpc) is 3.16. The minimum atomic E-state index is -1.68. The van der Waals surface area contributed by atoms with Crippen LogP contribution in [0.5, 0.6) is 0 Å². The van der Waals surface area contributed by atoms with E-state index in [9.17, 15) is 0 Å². The van der Waals surface area contributed by atoms with E-state index in [0.29, 0.717) is 0 Å². The van der Waals surface area contributed by atoms with Gasteiger partial charge < -0.3 is 0 Å². The molecule has 0 atom stereocenters. The fraction of sp³-hybridized carbons (Fsp3) is 0.200. The summed E-state index contributed by atoms with van der Waals surface area (Å²) in [6.45, 7) is 5.12. The molecule has 0 saturated heterocycles. The summed E-state index contributed by atoms with van der Waals surface area (Å²) >= 11 is -1.68. The summed E-state index contributed by atoms with van der Waals surface area (Å²) in [5, 5.41) is 0. The van der Waals surface area contributed by atoms with Gasteiger partial charge in [0, 0.05) is 0 Å². The molecule has 0 heterocycles. The second-order valence-electron chi connectivity index (χ2n) is 6.35. The fourth-order valence-corrected chi connectivity index (χ4v) is 22.2. The van der Waals surface area contributed by atoms with Crippen LogP contribution in [0.4, 0.5) is 0 Å². The number of benzene rings is 2. The Bertz CT molecular complexity index is 793. The first-order chi connectivity index (χ1) is 10.8. The Labute approximate surface area is 140 Å². The van der Waals surface area contributed by atoms with Crippen molar-refractivity contribution in [3.05, 3.63) is 81.2 Å². The summed E-state index contributed by atoms with van der Waals surface area (Å²) < 4.78 is 2.57. The summed E-state index contributed by atoms with van der Waals surface area (Å²) in [6.07, 6.45) is 8.32. The molecule has 0 aromatic heterocycles. The number of rotatable bonds is 2. The molecule has 4 rings (SSSR count). The van der Waals surface area contributed by atoms with Crippen molar-refractivity contribution in [3.63, 3.8) is 0 Å². The van der Waals surface area contributed by atoms with E-state index in [1.54, 1.807) is 11.1 Å². The van der Waals surface area contributed by atoms with Gasteiger partial charge >= 0.3 is 141 Å². The standard InChI is InChI=1S/C13H9.C5H5.C2H6Si.Zr/c1-3-7-12-10(5-1)9-11-6-2-4-8-13(11)12;1-2-4-5-3-1;1-3-2;/h1-9H;1-3H,4H2;1-2H3;.